The van der Waals surface area contributed by atoms with Crippen molar-refractivity contribution in [3.63, 3.8) is 0 Å². The first-order valence-electron chi connectivity index (χ1n) is 14.5. The third-order valence-corrected chi connectivity index (χ3v) is 10.4. The molecule has 42 heavy (non-hydrogen) atoms. The molecule has 0 unspecified atom stereocenters. The highest BCUT2D eigenvalue weighted by molar-refractivity contribution is 8.00. The summed E-state index contributed by atoms with van der Waals surface area (Å²) in [5, 5.41) is 2.66. The van der Waals surface area contributed by atoms with Crippen LogP contribution in [0, 0.1) is 0 Å². The van der Waals surface area contributed by atoms with Crippen LogP contribution in [0.2, 0.25) is 0 Å². The number of benzene rings is 7. The Morgan fingerprint density at radius 1 is 0.405 bits per heavy atom. The SMILES string of the molecule is c1ccc(C2(c3ccccc3)c3ccccc3-c3ccc(-c4ccc5cccc6c5c4Sc4ccccc4-6)cc32)cc1. The minimum atomic E-state index is -0.399. The Kier molecular flexibility index (Phi) is 5.15. The Balaban J connectivity index is 1.35. The van der Waals surface area contributed by atoms with E-state index >= 15 is 0 Å². The minimum Gasteiger partial charge on any atom is -0.0881 e. The van der Waals surface area contributed by atoms with E-state index in [1.165, 1.54) is 76.2 Å². The highest BCUT2D eigenvalue weighted by Crippen LogP contribution is 2.57. The Bertz CT molecular complexity index is 2120. The van der Waals surface area contributed by atoms with E-state index in [1.807, 2.05) is 11.8 Å². The summed E-state index contributed by atoms with van der Waals surface area (Å²) in [6.07, 6.45) is 0. The number of fused-ring (bicyclic) bond motifs is 5. The molecule has 1 aliphatic carbocycles. The van der Waals surface area contributed by atoms with Crippen LogP contribution in [-0.2, 0) is 5.41 Å². The van der Waals surface area contributed by atoms with E-state index in [-0.39, 0.29) is 0 Å². The fourth-order valence-corrected chi connectivity index (χ4v) is 8.68. The van der Waals surface area contributed by atoms with Gasteiger partial charge in [-0.3, -0.25) is 0 Å². The molecule has 0 aromatic heterocycles. The average molecular weight is 551 g/mol. The summed E-state index contributed by atoms with van der Waals surface area (Å²) >= 11 is 1.91. The molecule has 0 saturated carbocycles. The molecule has 1 heterocycles. The standard InChI is InChI=1S/C41H26S/c1-3-13-29(14-4-1)41(30-15-5-2-6-16-30)36-20-9-7-17-32(36)33-25-23-28(26-37(33)41)31-24-22-27-12-11-19-35-34-18-8-10-21-38(34)42-40(31)39(27)35/h1-26H. The van der Waals surface area contributed by atoms with Crippen molar-refractivity contribution in [3.8, 4) is 33.4 Å². The normalized spacial score (nSPS) is 13.8. The first-order valence-corrected chi connectivity index (χ1v) is 15.3. The van der Waals surface area contributed by atoms with E-state index in [1.54, 1.807) is 0 Å². The van der Waals surface area contributed by atoms with Crippen LogP contribution in [-0.4, -0.2) is 0 Å². The zero-order chi connectivity index (χ0) is 27.7. The van der Waals surface area contributed by atoms with E-state index in [9.17, 15) is 0 Å². The van der Waals surface area contributed by atoms with E-state index in [0.29, 0.717) is 0 Å². The largest absolute Gasteiger partial charge is 0.0881 e. The molecule has 0 spiro atoms. The lowest BCUT2D eigenvalue weighted by Crippen LogP contribution is -2.28. The van der Waals surface area contributed by atoms with Crippen LogP contribution >= 0.6 is 11.8 Å². The van der Waals surface area contributed by atoms with Gasteiger partial charge in [0.25, 0.3) is 0 Å². The van der Waals surface area contributed by atoms with Gasteiger partial charge in [-0.1, -0.05) is 157 Å². The second-order valence-corrected chi connectivity index (χ2v) is 12.3. The van der Waals surface area contributed by atoms with Crippen molar-refractivity contribution < 1.29 is 0 Å². The van der Waals surface area contributed by atoms with Gasteiger partial charge in [-0.05, 0) is 73.2 Å². The van der Waals surface area contributed by atoms with Gasteiger partial charge in [0.1, 0.15) is 0 Å². The maximum Gasteiger partial charge on any atom is 0.0713 e. The van der Waals surface area contributed by atoms with E-state index < -0.39 is 5.41 Å². The molecule has 7 aromatic rings. The summed E-state index contributed by atoms with van der Waals surface area (Å²) in [5.74, 6) is 0. The third kappa shape index (κ3) is 3.20. The Morgan fingerprint density at radius 3 is 1.81 bits per heavy atom. The first kappa shape index (κ1) is 23.8. The summed E-state index contributed by atoms with van der Waals surface area (Å²) in [7, 11) is 0. The summed E-state index contributed by atoms with van der Waals surface area (Å²) in [6.45, 7) is 0. The molecule has 0 bridgehead atoms. The minimum absolute atomic E-state index is 0.399. The lowest BCUT2D eigenvalue weighted by Gasteiger charge is -2.34. The summed E-state index contributed by atoms with van der Waals surface area (Å²) in [5.41, 5.74) is 12.7. The lowest BCUT2D eigenvalue weighted by molar-refractivity contribution is 0.769. The second kappa shape index (κ2) is 9.08. The molecule has 0 radical (unpaired) electrons. The lowest BCUT2D eigenvalue weighted by atomic mass is 9.67. The molecule has 2 aliphatic rings. The number of hydrogen-bond donors (Lipinski definition) is 0. The van der Waals surface area contributed by atoms with Crippen LogP contribution in [0.4, 0.5) is 0 Å². The van der Waals surface area contributed by atoms with Gasteiger partial charge < -0.3 is 0 Å². The van der Waals surface area contributed by atoms with Crippen molar-refractivity contribution in [2.45, 2.75) is 15.2 Å². The van der Waals surface area contributed by atoms with Crippen molar-refractivity contribution in [2.24, 2.45) is 0 Å². The molecular weight excluding hydrogens is 525 g/mol. The molecule has 0 fully saturated rings. The van der Waals surface area contributed by atoms with Crippen molar-refractivity contribution in [1.82, 2.24) is 0 Å². The van der Waals surface area contributed by atoms with Crippen molar-refractivity contribution in [1.29, 1.82) is 0 Å². The topological polar surface area (TPSA) is 0 Å². The van der Waals surface area contributed by atoms with Crippen LogP contribution in [0.5, 0.6) is 0 Å². The second-order valence-electron chi connectivity index (χ2n) is 11.2. The van der Waals surface area contributed by atoms with E-state index in [0.717, 1.165) is 0 Å². The van der Waals surface area contributed by atoms with Crippen LogP contribution in [0.15, 0.2) is 168 Å². The highest BCUT2D eigenvalue weighted by Gasteiger charge is 2.46. The van der Waals surface area contributed by atoms with Crippen molar-refractivity contribution in [2.75, 3.05) is 0 Å². The first-order chi connectivity index (χ1) is 20.8. The van der Waals surface area contributed by atoms with E-state index in [2.05, 4.69) is 158 Å². The number of hydrogen-bond acceptors (Lipinski definition) is 1. The van der Waals surface area contributed by atoms with Crippen molar-refractivity contribution in [3.05, 3.63) is 180 Å². The third-order valence-electron chi connectivity index (χ3n) is 9.16. The molecule has 1 aliphatic heterocycles. The summed E-state index contributed by atoms with van der Waals surface area (Å²) in [6, 6.07) is 58.4. The summed E-state index contributed by atoms with van der Waals surface area (Å²) < 4.78 is 0. The molecule has 0 atom stereocenters. The molecule has 1 heteroatoms. The molecule has 196 valence electrons. The predicted octanol–water partition coefficient (Wildman–Crippen LogP) is 11.0. The van der Waals surface area contributed by atoms with Gasteiger partial charge in [-0.25, -0.2) is 0 Å². The fraction of sp³-hybridized carbons (Fsp3) is 0.0244. The monoisotopic (exact) mass is 550 g/mol. The zero-order valence-electron chi connectivity index (χ0n) is 22.9. The van der Waals surface area contributed by atoms with Crippen LogP contribution < -0.4 is 0 Å². The molecule has 7 aromatic carbocycles. The quantitative estimate of drug-likeness (QED) is 0.211. The van der Waals surface area contributed by atoms with Crippen LogP contribution in [0.3, 0.4) is 0 Å². The smallest absolute Gasteiger partial charge is 0.0713 e. The molecule has 0 N–H and O–H groups in total. The van der Waals surface area contributed by atoms with Gasteiger partial charge in [-0.15, -0.1) is 0 Å². The maximum atomic E-state index is 2.48. The van der Waals surface area contributed by atoms with Gasteiger partial charge in [0.05, 0.1) is 5.41 Å². The van der Waals surface area contributed by atoms with E-state index in [4.69, 9.17) is 0 Å². The van der Waals surface area contributed by atoms with Crippen molar-refractivity contribution >= 4 is 22.5 Å². The molecule has 0 nitrogen and oxygen atoms in total. The van der Waals surface area contributed by atoms with Gasteiger partial charge >= 0.3 is 0 Å². The summed E-state index contributed by atoms with van der Waals surface area (Å²) in [4.78, 5) is 2.67. The van der Waals surface area contributed by atoms with Gasteiger partial charge in [-0.2, -0.15) is 0 Å². The highest BCUT2D eigenvalue weighted by atomic mass is 32.2. The Morgan fingerprint density at radius 2 is 1.02 bits per heavy atom. The van der Waals surface area contributed by atoms with Crippen LogP contribution in [0.25, 0.3) is 44.2 Å². The predicted molar refractivity (Wildman–Crippen MR) is 176 cm³/mol. The zero-order valence-corrected chi connectivity index (χ0v) is 23.7. The molecule has 0 saturated heterocycles. The Labute approximate surface area is 250 Å². The fourth-order valence-electron chi connectivity index (χ4n) is 7.40. The molecular formula is C41H26S. The molecule has 0 amide bonds. The van der Waals surface area contributed by atoms with Gasteiger partial charge in [0, 0.05) is 15.2 Å². The number of rotatable bonds is 3. The van der Waals surface area contributed by atoms with Gasteiger partial charge in [0.2, 0.25) is 0 Å². The van der Waals surface area contributed by atoms with Crippen LogP contribution in [0.1, 0.15) is 22.3 Å². The van der Waals surface area contributed by atoms with Gasteiger partial charge in [0.15, 0.2) is 0 Å². The average Bonchev–Trinajstić information content (AvgIpc) is 3.36. The maximum absolute atomic E-state index is 2.48. The molecule has 9 rings (SSSR count). The Hall–Kier alpha value is -4.85.